The highest BCUT2D eigenvalue weighted by molar-refractivity contribution is 5.83. The Kier molecular flexibility index (Phi) is 1.79. The van der Waals surface area contributed by atoms with Crippen LogP contribution in [0.2, 0.25) is 0 Å². The molecule has 0 saturated heterocycles. The molecule has 3 heteroatoms. The van der Waals surface area contributed by atoms with Gasteiger partial charge in [-0.2, -0.15) is 0 Å². The Balaban J connectivity index is 2.73. The Morgan fingerprint density at radius 2 is 2.00 bits per heavy atom. The molecular formula is C11H12O3. The van der Waals surface area contributed by atoms with E-state index in [9.17, 15) is 10.2 Å². The number of phenolic OH excluding ortho intramolecular Hbond substituents is 1. The van der Waals surface area contributed by atoms with Crippen molar-refractivity contribution in [3.05, 3.63) is 30.0 Å². The second-order valence-electron chi connectivity index (χ2n) is 3.89. The van der Waals surface area contributed by atoms with Crippen molar-refractivity contribution in [2.24, 2.45) is 0 Å². The summed E-state index contributed by atoms with van der Waals surface area (Å²) in [5.41, 5.74) is 0.391. The van der Waals surface area contributed by atoms with Crippen LogP contribution in [0.25, 0.3) is 11.0 Å². The van der Waals surface area contributed by atoms with Crippen LogP contribution in [0.5, 0.6) is 5.75 Å². The van der Waals surface area contributed by atoms with Gasteiger partial charge in [0.25, 0.3) is 0 Å². The fourth-order valence-electron chi connectivity index (χ4n) is 1.49. The van der Waals surface area contributed by atoms with E-state index in [0.717, 1.165) is 5.39 Å². The normalized spacial score (nSPS) is 12.2. The van der Waals surface area contributed by atoms with Crippen LogP contribution in [0.1, 0.15) is 19.4 Å². The highest BCUT2D eigenvalue weighted by atomic mass is 16.3. The second-order valence-corrected chi connectivity index (χ2v) is 3.89. The predicted molar refractivity (Wildman–Crippen MR) is 53.1 cm³/mol. The molecule has 74 valence electrons. The molecule has 0 fully saturated rings. The molecule has 0 spiro atoms. The number of phenols is 1. The number of benzene rings is 1. The zero-order valence-corrected chi connectivity index (χ0v) is 8.11. The molecule has 2 N–H and O–H groups in total. The first kappa shape index (κ1) is 9.09. The number of rotatable bonds is 1. The fourth-order valence-corrected chi connectivity index (χ4v) is 1.49. The monoisotopic (exact) mass is 192 g/mol. The largest absolute Gasteiger partial charge is 0.508 e. The third-order valence-electron chi connectivity index (χ3n) is 2.22. The van der Waals surface area contributed by atoms with Crippen molar-refractivity contribution in [3.8, 4) is 5.75 Å². The van der Waals surface area contributed by atoms with E-state index in [4.69, 9.17) is 4.42 Å². The van der Waals surface area contributed by atoms with Gasteiger partial charge in [0, 0.05) is 10.9 Å². The average Bonchev–Trinajstić information content (AvgIpc) is 2.45. The Bertz CT molecular complexity index is 463. The lowest BCUT2D eigenvalue weighted by atomic mass is 9.98. The quantitative estimate of drug-likeness (QED) is 0.729. The van der Waals surface area contributed by atoms with Crippen LogP contribution in [-0.2, 0) is 5.60 Å². The minimum Gasteiger partial charge on any atom is -0.508 e. The molecule has 0 aliphatic heterocycles. The molecule has 0 saturated carbocycles. The lowest BCUT2D eigenvalue weighted by Crippen LogP contribution is -2.14. The Morgan fingerprint density at radius 3 is 2.64 bits per heavy atom. The van der Waals surface area contributed by atoms with E-state index in [1.54, 1.807) is 32.0 Å². The fraction of sp³-hybridized carbons (Fsp3) is 0.273. The molecule has 3 nitrogen and oxygen atoms in total. The van der Waals surface area contributed by atoms with Gasteiger partial charge in [0.15, 0.2) is 0 Å². The standard InChI is InChI=1S/C11H12O3/c1-11(2,13)9-6-14-10-4-3-7(12)5-8(9)10/h3-6,12-13H,1-2H3. The summed E-state index contributed by atoms with van der Waals surface area (Å²) in [4.78, 5) is 0. The average molecular weight is 192 g/mol. The van der Waals surface area contributed by atoms with E-state index in [2.05, 4.69) is 0 Å². The SMILES string of the molecule is CC(C)(O)c1coc2ccc(O)cc12. The predicted octanol–water partition coefficient (Wildman–Crippen LogP) is 2.37. The highest BCUT2D eigenvalue weighted by Crippen LogP contribution is 2.31. The van der Waals surface area contributed by atoms with E-state index >= 15 is 0 Å². The van der Waals surface area contributed by atoms with Crippen molar-refractivity contribution < 1.29 is 14.6 Å². The van der Waals surface area contributed by atoms with E-state index in [-0.39, 0.29) is 5.75 Å². The van der Waals surface area contributed by atoms with Crippen molar-refractivity contribution >= 4 is 11.0 Å². The summed E-state index contributed by atoms with van der Waals surface area (Å²) in [5.74, 6) is 0.171. The minimum atomic E-state index is -0.959. The number of aromatic hydroxyl groups is 1. The van der Waals surface area contributed by atoms with Gasteiger partial charge in [0.2, 0.25) is 0 Å². The van der Waals surface area contributed by atoms with Gasteiger partial charge in [0.1, 0.15) is 11.3 Å². The van der Waals surface area contributed by atoms with Gasteiger partial charge in [-0.1, -0.05) is 0 Å². The van der Waals surface area contributed by atoms with Gasteiger partial charge >= 0.3 is 0 Å². The van der Waals surface area contributed by atoms with E-state index in [0.29, 0.717) is 11.1 Å². The maximum atomic E-state index is 9.83. The second kappa shape index (κ2) is 2.75. The number of fused-ring (bicyclic) bond motifs is 1. The molecular weight excluding hydrogens is 180 g/mol. The molecule has 0 aliphatic carbocycles. The summed E-state index contributed by atoms with van der Waals surface area (Å²) < 4.78 is 5.26. The van der Waals surface area contributed by atoms with Crippen molar-refractivity contribution in [2.45, 2.75) is 19.4 Å². The van der Waals surface area contributed by atoms with Gasteiger partial charge < -0.3 is 14.6 Å². The molecule has 1 aromatic heterocycles. The van der Waals surface area contributed by atoms with Gasteiger partial charge in [-0.25, -0.2) is 0 Å². The zero-order valence-electron chi connectivity index (χ0n) is 8.11. The number of aliphatic hydroxyl groups is 1. The summed E-state index contributed by atoms with van der Waals surface area (Å²) >= 11 is 0. The highest BCUT2D eigenvalue weighted by Gasteiger charge is 2.21. The van der Waals surface area contributed by atoms with Gasteiger partial charge in [-0.15, -0.1) is 0 Å². The number of furan rings is 1. The summed E-state index contributed by atoms with van der Waals surface area (Å²) in [6.07, 6.45) is 1.52. The first-order valence-electron chi connectivity index (χ1n) is 4.41. The maximum absolute atomic E-state index is 9.83. The van der Waals surface area contributed by atoms with E-state index < -0.39 is 5.60 Å². The van der Waals surface area contributed by atoms with Crippen LogP contribution in [-0.4, -0.2) is 10.2 Å². The van der Waals surface area contributed by atoms with Gasteiger partial charge in [-0.3, -0.25) is 0 Å². The lowest BCUT2D eigenvalue weighted by molar-refractivity contribution is 0.0792. The maximum Gasteiger partial charge on any atom is 0.134 e. The third-order valence-corrected chi connectivity index (χ3v) is 2.22. The first-order valence-corrected chi connectivity index (χ1v) is 4.41. The number of hydrogen-bond donors (Lipinski definition) is 2. The molecule has 2 rings (SSSR count). The molecule has 0 atom stereocenters. The Labute approximate surface area is 81.6 Å². The summed E-state index contributed by atoms with van der Waals surface area (Å²) in [7, 11) is 0. The van der Waals surface area contributed by atoms with Crippen molar-refractivity contribution in [3.63, 3.8) is 0 Å². The van der Waals surface area contributed by atoms with E-state index in [1.807, 2.05) is 0 Å². The molecule has 1 heterocycles. The minimum absolute atomic E-state index is 0.171. The first-order chi connectivity index (χ1) is 6.48. The van der Waals surface area contributed by atoms with Crippen LogP contribution in [0.4, 0.5) is 0 Å². The lowest BCUT2D eigenvalue weighted by Gasteiger charge is -2.15. The number of hydrogen-bond acceptors (Lipinski definition) is 3. The molecule has 0 radical (unpaired) electrons. The summed E-state index contributed by atoms with van der Waals surface area (Å²) in [6, 6.07) is 4.83. The molecule has 2 aromatic rings. The van der Waals surface area contributed by atoms with Crippen LogP contribution in [0.15, 0.2) is 28.9 Å². The van der Waals surface area contributed by atoms with Gasteiger partial charge in [-0.05, 0) is 32.0 Å². The Hall–Kier alpha value is -1.48. The third kappa shape index (κ3) is 1.36. The molecule has 0 aliphatic rings. The van der Waals surface area contributed by atoms with Gasteiger partial charge in [0.05, 0.1) is 11.9 Å². The van der Waals surface area contributed by atoms with Crippen molar-refractivity contribution in [2.75, 3.05) is 0 Å². The van der Waals surface area contributed by atoms with Crippen LogP contribution < -0.4 is 0 Å². The molecule has 0 bridgehead atoms. The van der Waals surface area contributed by atoms with Crippen LogP contribution >= 0.6 is 0 Å². The molecule has 0 unspecified atom stereocenters. The zero-order chi connectivity index (χ0) is 10.3. The van der Waals surface area contributed by atoms with Crippen LogP contribution in [0, 0.1) is 0 Å². The summed E-state index contributed by atoms with van der Waals surface area (Å²) in [6.45, 7) is 3.36. The topological polar surface area (TPSA) is 53.6 Å². The van der Waals surface area contributed by atoms with Crippen molar-refractivity contribution in [1.29, 1.82) is 0 Å². The summed E-state index contributed by atoms with van der Waals surface area (Å²) in [5, 5.41) is 19.9. The molecule has 14 heavy (non-hydrogen) atoms. The van der Waals surface area contributed by atoms with E-state index in [1.165, 1.54) is 6.26 Å². The van der Waals surface area contributed by atoms with Crippen molar-refractivity contribution in [1.82, 2.24) is 0 Å². The molecule has 1 aromatic carbocycles. The molecule has 0 amide bonds. The van der Waals surface area contributed by atoms with Crippen LogP contribution in [0.3, 0.4) is 0 Å². The Morgan fingerprint density at radius 1 is 1.29 bits per heavy atom. The smallest absolute Gasteiger partial charge is 0.134 e.